The lowest BCUT2D eigenvalue weighted by atomic mass is 9.96. The summed E-state index contributed by atoms with van der Waals surface area (Å²) in [5, 5.41) is 12.6. The van der Waals surface area contributed by atoms with Crippen molar-refractivity contribution in [2.75, 3.05) is 24.5 Å². The molecule has 1 fully saturated rings. The second kappa shape index (κ2) is 7.25. The highest BCUT2D eigenvalue weighted by Crippen LogP contribution is 2.32. The molecule has 10 heteroatoms. The Labute approximate surface area is 158 Å². The van der Waals surface area contributed by atoms with Gasteiger partial charge in [0.25, 0.3) is 0 Å². The molecule has 2 N–H and O–H groups in total. The van der Waals surface area contributed by atoms with Crippen molar-refractivity contribution in [3.63, 3.8) is 0 Å². The Bertz CT molecular complexity index is 1000. The van der Waals surface area contributed by atoms with Crippen LogP contribution in [0, 0.1) is 5.92 Å². The average Bonchev–Trinajstić information content (AvgIpc) is 3.15. The molecule has 0 spiro atoms. The summed E-state index contributed by atoms with van der Waals surface area (Å²) in [7, 11) is 0. The van der Waals surface area contributed by atoms with E-state index in [0.29, 0.717) is 24.1 Å². The largest absolute Gasteiger partial charge is 0.390 e. The number of piperidine rings is 1. The lowest BCUT2D eigenvalue weighted by Gasteiger charge is -2.34. The number of alkyl halides is 3. The fraction of sp³-hybridized carbons (Fsp3) is 0.444. The zero-order chi connectivity index (χ0) is 19.7. The first-order valence-corrected chi connectivity index (χ1v) is 9.09. The van der Waals surface area contributed by atoms with Crippen LogP contribution in [0.4, 0.5) is 18.9 Å². The van der Waals surface area contributed by atoms with Crippen LogP contribution in [0.15, 0.2) is 24.7 Å². The maximum Gasteiger partial charge on any atom is 0.390 e. The molecule has 1 unspecified atom stereocenters. The average molecular weight is 392 g/mol. The quantitative estimate of drug-likeness (QED) is 0.713. The van der Waals surface area contributed by atoms with Crippen LogP contribution in [0.3, 0.4) is 0 Å². The Morgan fingerprint density at radius 1 is 1.32 bits per heavy atom. The minimum atomic E-state index is -4.27. The van der Waals surface area contributed by atoms with Crippen molar-refractivity contribution < 1.29 is 18.0 Å². The van der Waals surface area contributed by atoms with Gasteiger partial charge in [-0.2, -0.15) is 13.2 Å². The first-order chi connectivity index (χ1) is 13.4. The van der Waals surface area contributed by atoms with E-state index in [9.17, 15) is 18.0 Å². The number of fused-ring (bicyclic) bond motifs is 3. The molecule has 0 saturated carbocycles. The first kappa shape index (κ1) is 18.5. The predicted octanol–water partition coefficient (Wildman–Crippen LogP) is 2.79. The van der Waals surface area contributed by atoms with E-state index < -0.39 is 19.1 Å². The summed E-state index contributed by atoms with van der Waals surface area (Å²) in [6.45, 7) is 0.766. The van der Waals surface area contributed by atoms with Gasteiger partial charge in [0, 0.05) is 36.6 Å². The number of pyridine rings is 1. The number of rotatable bonds is 4. The zero-order valence-electron chi connectivity index (χ0n) is 15.0. The van der Waals surface area contributed by atoms with Gasteiger partial charge in [-0.25, -0.2) is 0 Å². The second-order valence-electron chi connectivity index (χ2n) is 6.93. The summed E-state index contributed by atoms with van der Waals surface area (Å²) >= 11 is 0. The lowest BCUT2D eigenvalue weighted by Crippen LogP contribution is -2.43. The Kier molecular flexibility index (Phi) is 4.78. The molecular weight excluding hydrogens is 373 g/mol. The van der Waals surface area contributed by atoms with E-state index in [4.69, 9.17) is 0 Å². The maximum atomic E-state index is 12.3. The van der Waals surface area contributed by atoms with Gasteiger partial charge in [-0.15, -0.1) is 10.2 Å². The first-order valence-electron chi connectivity index (χ1n) is 9.09. The van der Waals surface area contributed by atoms with Crippen molar-refractivity contribution in [1.29, 1.82) is 0 Å². The zero-order valence-corrected chi connectivity index (χ0v) is 15.0. The fourth-order valence-corrected chi connectivity index (χ4v) is 3.66. The summed E-state index contributed by atoms with van der Waals surface area (Å²) in [4.78, 5) is 21.7. The number of anilines is 1. The van der Waals surface area contributed by atoms with Gasteiger partial charge < -0.3 is 15.2 Å². The molecule has 0 aliphatic carbocycles. The molecule has 0 aromatic carbocycles. The van der Waals surface area contributed by atoms with Gasteiger partial charge in [-0.3, -0.25) is 9.78 Å². The van der Waals surface area contributed by atoms with E-state index in [1.807, 2.05) is 6.07 Å². The number of aromatic amines is 1. The normalized spacial score (nSPS) is 18.0. The van der Waals surface area contributed by atoms with Crippen LogP contribution in [-0.2, 0) is 4.79 Å². The fourth-order valence-electron chi connectivity index (χ4n) is 3.66. The topological polar surface area (TPSA) is 86.8 Å². The number of aromatic nitrogens is 4. The lowest BCUT2D eigenvalue weighted by molar-refractivity contribution is -0.136. The van der Waals surface area contributed by atoms with E-state index >= 15 is 0 Å². The Morgan fingerprint density at radius 2 is 2.18 bits per heavy atom. The molecule has 28 heavy (non-hydrogen) atoms. The molecule has 3 aromatic heterocycles. The number of carbonyl (C=O) groups excluding carboxylic acids is 1. The van der Waals surface area contributed by atoms with Crippen LogP contribution in [0.5, 0.6) is 0 Å². The summed E-state index contributed by atoms with van der Waals surface area (Å²) in [6.07, 6.45) is 1.28. The van der Waals surface area contributed by atoms with E-state index in [1.54, 1.807) is 18.6 Å². The van der Waals surface area contributed by atoms with Gasteiger partial charge in [0.05, 0.1) is 30.4 Å². The Hall–Kier alpha value is -2.91. The van der Waals surface area contributed by atoms with Gasteiger partial charge >= 0.3 is 6.18 Å². The molecule has 1 atom stereocenters. The number of amides is 1. The van der Waals surface area contributed by atoms with Gasteiger partial charge in [-0.05, 0) is 18.9 Å². The third-order valence-corrected chi connectivity index (χ3v) is 5.00. The van der Waals surface area contributed by atoms with E-state index in [2.05, 4.69) is 30.4 Å². The van der Waals surface area contributed by atoms with Crippen molar-refractivity contribution in [3.05, 3.63) is 24.7 Å². The van der Waals surface area contributed by atoms with E-state index in [-0.39, 0.29) is 11.8 Å². The number of nitrogens with zero attached hydrogens (tertiary/aromatic N) is 4. The van der Waals surface area contributed by atoms with Crippen LogP contribution in [0.25, 0.3) is 21.9 Å². The van der Waals surface area contributed by atoms with E-state index in [1.165, 1.54) is 0 Å². The molecule has 1 amide bonds. The van der Waals surface area contributed by atoms with Crippen molar-refractivity contribution in [2.24, 2.45) is 5.92 Å². The molecule has 4 heterocycles. The summed E-state index contributed by atoms with van der Waals surface area (Å²) in [5.41, 5.74) is 2.17. The predicted molar refractivity (Wildman–Crippen MR) is 97.8 cm³/mol. The molecular formula is C18H19F3N6O. The molecule has 0 bridgehead atoms. The van der Waals surface area contributed by atoms with Crippen LogP contribution >= 0.6 is 0 Å². The number of hydrogen-bond acceptors (Lipinski definition) is 5. The molecule has 0 radical (unpaired) electrons. The molecule has 4 rings (SSSR count). The molecule has 148 valence electrons. The van der Waals surface area contributed by atoms with Crippen molar-refractivity contribution >= 4 is 33.5 Å². The Morgan fingerprint density at radius 3 is 3.00 bits per heavy atom. The molecule has 1 aliphatic rings. The minimum Gasteiger partial charge on any atom is -0.369 e. The summed E-state index contributed by atoms with van der Waals surface area (Å²) < 4.78 is 36.9. The molecule has 1 aliphatic heterocycles. The van der Waals surface area contributed by atoms with Crippen LogP contribution in [0.2, 0.25) is 0 Å². The summed E-state index contributed by atoms with van der Waals surface area (Å²) in [5.74, 6) is -0.706. The number of nitrogens with one attached hydrogen (secondary N) is 2. The van der Waals surface area contributed by atoms with Crippen molar-refractivity contribution in [3.8, 4) is 0 Å². The highest BCUT2D eigenvalue weighted by Gasteiger charge is 2.30. The van der Waals surface area contributed by atoms with Crippen LogP contribution < -0.4 is 10.2 Å². The maximum absolute atomic E-state index is 12.3. The number of H-pyrrole nitrogens is 1. The number of halogens is 3. The third-order valence-electron chi connectivity index (χ3n) is 5.00. The third kappa shape index (κ3) is 3.71. The highest BCUT2D eigenvalue weighted by atomic mass is 19.4. The van der Waals surface area contributed by atoms with Gasteiger partial charge in [-0.1, -0.05) is 0 Å². The van der Waals surface area contributed by atoms with Crippen molar-refractivity contribution in [1.82, 2.24) is 25.5 Å². The highest BCUT2D eigenvalue weighted by molar-refractivity contribution is 6.09. The standard InChI is InChI=1S/C18H19F3N6O/c19-18(20,21)4-6-24-17(28)11-2-1-7-27(10-11)14-9-22-8-13-15(14)12-3-5-23-16(12)26-25-13/h3,5,8-9,11H,1-2,4,6-7,10H2,(H,23,26)(H,24,28). The van der Waals surface area contributed by atoms with Crippen LogP contribution in [-0.4, -0.2) is 51.9 Å². The smallest absolute Gasteiger partial charge is 0.369 e. The SMILES string of the molecule is O=C(NCCC(F)(F)F)C1CCCN(c2cncc3nnc4[nH]ccc4c23)C1. The monoisotopic (exact) mass is 392 g/mol. The van der Waals surface area contributed by atoms with Gasteiger partial charge in [0.1, 0.15) is 5.52 Å². The Balaban J connectivity index is 1.55. The number of carbonyl (C=O) groups is 1. The molecule has 3 aromatic rings. The van der Waals surface area contributed by atoms with E-state index in [0.717, 1.165) is 29.4 Å². The van der Waals surface area contributed by atoms with Crippen LogP contribution in [0.1, 0.15) is 19.3 Å². The second-order valence-corrected chi connectivity index (χ2v) is 6.93. The molecule has 1 saturated heterocycles. The van der Waals surface area contributed by atoms with Gasteiger partial charge in [0.15, 0.2) is 5.65 Å². The van der Waals surface area contributed by atoms with Crippen molar-refractivity contribution in [2.45, 2.75) is 25.4 Å². The van der Waals surface area contributed by atoms with Gasteiger partial charge in [0.2, 0.25) is 5.91 Å². The molecule has 7 nitrogen and oxygen atoms in total. The minimum absolute atomic E-state index is 0.339. The summed E-state index contributed by atoms with van der Waals surface area (Å²) in [6, 6.07) is 1.92. The number of hydrogen-bond donors (Lipinski definition) is 2.